The van der Waals surface area contributed by atoms with Crippen molar-refractivity contribution in [3.8, 4) is 0 Å². The molecule has 1 unspecified atom stereocenters. The summed E-state index contributed by atoms with van der Waals surface area (Å²) < 4.78 is 0. The summed E-state index contributed by atoms with van der Waals surface area (Å²) in [5.41, 5.74) is 3.27. The van der Waals surface area contributed by atoms with Crippen LogP contribution in [0.25, 0.3) is 0 Å². The van der Waals surface area contributed by atoms with Gasteiger partial charge in [-0.15, -0.1) is 0 Å². The van der Waals surface area contributed by atoms with Gasteiger partial charge in [-0.1, -0.05) is 18.2 Å². The Kier molecular flexibility index (Phi) is 3.62. The second-order valence-electron chi connectivity index (χ2n) is 4.89. The minimum atomic E-state index is 0.117. The van der Waals surface area contributed by atoms with Crippen LogP contribution in [0.4, 0.5) is 5.69 Å². The molecule has 0 aromatic heterocycles. The zero-order valence-electron chi connectivity index (χ0n) is 10.5. The highest BCUT2D eigenvalue weighted by atomic mass is 16.1. The molecule has 2 heteroatoms. The van der Waals surface area contributed by atoms with Gasteiger partial charge in [0.15, 0.2) is 0 Å². The van der Waals surface area contributed by atoms with E-state index in [2.05, 4.69) is 23.5 Å². The second kappa shape index (κ2) is 5.17. The molecule has 17 heavy (non-hydrogen) atoms. The molecule has 0 saturated heterocycles. The van der Waals surface area contributed by atoms with Gasteiger partial charge in [-0.2, -0.15) is 0 Å². The van der Waals surface area contributed by atoms with Crippen molar-refractivity contribution >= 4 is 11.6 Å². The average molecular weight is 229 g/mol. The first kappa shape index (κ1) is 11.9. The van der Waals surface area contributed by atoms with Crippen LogP contribution in [0.5, 0.6) is 0 Å². The van der Waals surface area contributed by atoms with E-state index in [9.17, 15) is 4.79 Å². The van der Waals surface area contributed by atoms with Gasteiger partial charge in [0.05, 0.1) is 0 Å². The van der Waals surface area contributed by atoms with E-state index in [1.54, 1.807) is 0 Å². The highest BCUT2D eigenvalue weighted by Gasteiger charge is 2.14. The van der Waals surface area contributed by atoms with E-state index in [1.165, 1.54) is 11.1 Å². The highest BCUT2D eigenvalue weighted by molar-refractivity contribution is 5.91. The van der Waals surface area contributed by atoms with Crippen molar-refractivity contribution in [2.45, 2.75) is 33.1 Å². The largest absolute Gasteiger partial charge is 0.326 e. The Bertz CT molecular complexity index is 428. The number of hydrogen-bond donors (Lipinski definition) is 1. The molecule has 1 aromatic carbocycles. The van der Waals surface area contributed by atoms with Crippen molar-refractivity contribution in [1.82, 2.24) is 0 Å². The summed E-state index contributed by atoms with van der Waals surface area (Å²) >= 11 is 0. The van der Waals surface area contributed by atoms with E-state index < -0.39 is 0 Å². The molecule has 2 rings (SSSR count). The van der Waals surface area contributed by atoms with Crippen LogP contribution in [0.3, 0.4) is 0 Å². The summed E-state index contributed by atoms with van der Waals surface area (Å²) in [6.45, 7) is 4.09. The fourth-order valence-electron chi connectivity index (χ4n) is 2.36. The maximum atomic E-state index is 11.8. The molecule has 1 N–H and O–H groups in total. The Morgan fingerprint density at radius 1 is 1.29 bits per heavy atom. The molecule has 1 amide bonds. The molecule has 0 spiro atoms. The molecule has 1 aliphatic carbocycles. The minimum absolute atomic E-state index is 0.117. The van der Waals surface area contributed by atoms with E-state index in [1.807, 2.05) is 26.0 Å². The number of carbonyl (C=O) groups excluding carboxylic acids is 1. The monoisotopic (exact) mass is 229 g/mol. The molecule has 1 aromatic rings. The van der Waals surface area contributed by atoms with E-state index in [4.69, 9.17) is 0 Å². The molecule has 0 bridgehead atoms. The van der Waals surface area contributed by atoms with E-state index >= 15 is 0 Å². The molecular formula is C15H19NO. The van der Waals surface area contributed by atoms with Gasteiger partial charge in [0, 0.05) is 12.1 Å². The lowest BCUT2D eigenvalue weighted by Gasteiger charge is -2.10. The first-order valence-electron chi connectivity index (χ1n) is 6.18. The number of benzene rings is 1. The number of carbonyl (C=O) groups is 1. The predicted octanol–water partition coefficient (Wildman–Crippen LogP) is 3.60. The normalized spacial score (nSPS) is 18.4. The van der Waals surface area contributed by atoms with Crippen LogP contribution < -0.4 is 5.32 Å². The molecule has 1 aliphatic rings. The van der Waals surface area contributed by atoms with Gasteiger partial charge in [0.2, 0.25) is 5.91 Å². The molecule has 1 atom stereocenters. The van der Waals surface area contributed by atoms with E-state index in [0.29, 0.717) is 12.3 Å². The van der Waals surface area contributed by atoms with Crippen LogP contribution in [0, 0.1) is 19.8 Å². The lowest BCUT2D eigenvalue weighted by atomic mass is 10.0. The Hall–Kier alpha value is -1.57. The van der Waals surface area contributed by atoms with Gasteiger partial charge in [0.1, 0.15) is 0 Å². The first-order chi connectivity index (χ1) is 8.13. The minimum Gasteiger partial charge on any atom is -0.326 e. The number of allylic oxidation sites excluding steroid dienone is 2. The molecule has 0 fully saturated rings. The number of anilines is 1. The first-order valence-corrected chi connectivity index (χ1v) is 6.18. The molecule has 90 valence electrons. The molecule has 0 aliphatic heterocycles. The summed E-state index contributed by atoms with van der Waals surface area (Å²) in [5.74, 6) is 0.549. The Balaban J connectivity index is 1.95. The summed E-state index contributed by atoms with van der Waals surface area (Å²) in [6, 6.07) is 6.13. The Morgan fingerprint density at radius 2 is 2.00 bits per heavy atom. The molecule has 2 nitrogen and oxygen atoms in total. The predicted molar refractivity (Wildman–Crippen MR) is 71.0 cm³/mol. The lowest BCUT2D eigenvalue weighted by molar-refractivity contribution is -0.116. The third-order valence-corrected chi connectivity index (χ3v) is 3.07. The van der Waals surface area contributed by atoms with Crippen LogP contribution in [0.1, 0.15) is 30.4 Å². The number of amides is 1. The number of hydrogen-bond acceptors (Lipinski definition) is 1. The summed E-state index contributed by atoms with van der Waals surface area (Å²) in [6.07, 6.45) is 7.14. The van der Waals surface area contributed by atoms with Gasteiger partial charge in [-0.05, 0) is 55.9 Å². The number of aryl methyl sites for hydroxylation is 2. The summed E-state index contributed by atoms with van der Waals surface area (Å²) in [7, 11) is 0. The van der Waals surface area contributed by atoms with E-state index in [-0.39, 0.29) is 5.91 Å². The molecular weight excluding hydrogens is 210 g/mol. The summed E-state index contributed by atoms with van der Waals surface area (Å²) in [5, 5.41) is 2.98. The highest BCUT2D eigenvalue weighted by Crippen LogP contribution is 2.21. The zero-order chi connectivity index (χ0) is 12.3. The maximum absolute atomic E-state index is 11.8. The lowest BCUT2D eigenvalue weighted by Crippen LogP contribution is -2.14. The van der Waals surface area contributed by atoms with Crippen molar-refractivity contribution in [1.29, 1.82) is 0 Å². The average Bonchev–Trinajstić information content (AvgIpc) is 2.67. The molecule has 0 heterocycles. The SMILES string of the molecule is Cc1cc(C)cc(NC(=O)CC2C=CCC2)c1. The third-order valence-electron chi connectivity index (χ3n) is 3.07. The fourth-order valence-corrected chi connectivity index (χ4v) is 2.36. The van der Waals surface area contributed by atoms with Crippen LogP contribution in [-0.4, -0.2) is 5.91 Å². The molecule has 0 radical (unpaired) electrons. The van der Waals surface area contributed by atoms with Crippen LogP contribution >= 0.6 is 0 Å². The summed E-state index contributed by atoms with van der Waals surface area (Å²) in [4.78, 5) is 11.8. The number of nitrogens with one attached hydrogen (secondary N) is 1. The van der Waals surface area contributed by atoms with Crippen molar-refractivity contribution in [3.63, 3.8) is 0 Å². The van der Waals surface area contributed by atoms with Crippen molar-refractivity contribution in [2.24, 2.45) is 5.92 Å². The van der Waals surface area contributed by atoms with Crippen molar-refractivity contribution in [3.05, 3.63) is 41.5 Å². The Labute approximate surface area is 103 Å². The molecule has 0 saturated carbocycles. The van der Waals surface area contributed by atoms with Gasteiger partial charge >= 0.3 is 0 Å². The maximum Gasteiger partial charge on any atom is 0.224 e. The quantitative estimate of drug-likeness (QED) is 0.788. The van der Waals surface area contributed by atoms with Gasteiger partial charge in [0.25, 0.3) is 0 Å². The Morgan fingerprint density at radius 3 is 2.59 bits per heavy atom. The van der Waals surface area contributed by atoms with Gasteiger partial charge in [-0.3, -0.25) is 4.79 Å². The van der Waals surface area contributed by atoms with Crippen LogP contribution in [0.2, 0.25) is 0 Å². The van der Waals surface area contributed by atoms with Crippen LogP contribution in [0.15, 0.2) is 30.4 Å². The second-order valence-corrected chi connectivity index (χ2v) is 4.89. The number of rotatable bonds is 3. The van der Waals surface area contributed by atoms with Crippen molar-refractivity contribution in [2.75, 3.05) is 5.32 Å². The fraction of sp³-hybridized carbons (Fsp3) is 0.400. The van der Waals surface area contributed by atoms with Gasteiger partial charge < -0.3 is 5.32 Å². The van der Waals surface area contributed by atoms with Gasteiger partial charge in [-0.25, -0.2) is 0 Å². The zero-order valence-corrected chi connectivity index (χ0v) is 10.5. The smallest absolute Gasteiger partial charge is 0.224 e. The van der Waals surface area contributed by atoms with Crippen molar-refractivity contribution < 1.29 is 4.79 Å². The third kappa shape index (κ3) is 3.45. The topological polar surface area (TPSA) is 29.1 Å². The standard InChI is InChI=1S/C15H19NO/c1-11-7-12(2)9-14(8-11)16-15(17)10-13-5-3-4-6-13/h3,5,7-9,13H,4,6,10H2,1-2H3,(H,16,17). The van der Waals surface area contributed by atoms with Crippen LogP contribution in [-0.2, 0) is 4.79 Å². The van der Waals surface area contributed by atoms with E-state index in [0.717, 1.165) is 18.5 Å².